The molecule has 0 N–H and O–H groups in total. The van der Waals surface area contributed by atoms with Crippen molar-refractivity contribution >= 4 is 33.3 Å². The number of hydrogen-bond donors (Lipinski definition) is 0. The van der Waals surface area contributed by atoms with Crippen LogP contribution in [0.3, 0.4) is 0 Å². The average molecular weight is 472 g/mol. The fraction of sp³-hybridized carbons (Fsp3) is 0.435. The number of likely N-dealkylation sites (N-methyl/N-ethyl adjacent to an activating group) is 1. The van der Waals surface area contributed by atoms with Crippen LogP contribution < -0.4 is 9.80 Å². The van der Waals surface area contributed by atoms with Crippen LogP contribution in [0.4, 0.5) is 16.3 Å². The van der Waals surface area contributed by atoms with Crippen molar-refractivity contribution in [3.63, 3.8) is 0 Å². The van der Waals surface area contributed by atoms with E-state index in [-0.39, 0.29) is 22.4 Å². The maximum atomic E-state index is 13.3. The highest BCUT2D eigenvalue weighted by Crippen LogP contribution is 2.28. The predicted molar refractivity (Wildman–Crippen MR) is 127 cm³/mol. The van der Waals surface area contributed by atoms with Crippen molar-refractivity contribution in [2.45, 2.75) is 18.7 Å². The van der Waals surface area contributed by atoms with E-state index in [0.29, 0.717) is 45.0 Å². The van der Waals surface area contributed by atoms with Crippen molar-refractivity contribution in [2.75, 3.05) is 62.4 Å². The Morgan fingerprint density at radius 1 is 1.00 bits per heavy atom. The van der Waals surface area contributed by atoms with Gasteiger partial charge in [-0.2, -0.15) is 0 Å². The van der Waals surface area contributed by atoms with Gasteiger partial charge in [-0.3, -0.25) is 9.69 Å². The molecule has 0 atom stereocenters. The Balaban J connectivity index is 1.55. The molecule has 4 rings (SSSR count). The van der Waals surface area contributed by atoms with Crippen LogP contribution in [0.15, 0.2) is 35.4 Å². The molecule has 1 aromatic heterocycles. The summed E-state index contributed by atoms with van der Waals surface area (Å²) >= 11 is 0. The molecule has 0 aliphatic carbocycles. The van der Waals surface area contributed by atoms with Gasteiger partial charge < -0.3 is 14.7 Å². The van der Waals surface area contributed by atoms with Crippen LogP contribution in [-0.4, -0.2) is 87.7 Å². The fourth-order valence-electron chi connectivity index (χ4n) is 4.38. The first-order chi connectivity index (χ1) is 15.6. The highest BCUT2D eigenvalue weighted by molar-refractivity contribution is 7.90. The highest BCUT2D eigenvalue weighted by atomic mass is 32.2. The second-order valence-electron chi connectivity index (χ2n) is 8.74. The average Bonchev–Trinajstić information content (AvgIpc) is 3.11. The first kappa shape index (κ1) is 23.0. The standard InChI is InChI=1S/C23H29N5O4S/c1-16-13-17(2)21(24-15-16)26-8-10-27(11-9-26)22(29)19-6-5-18(14-20(19)33(4,31)32)28-12-7-25(3)23(28)30/h5-6,13-15H,7-12H2,1-4H3. The topological polar surface area (TPSA) is 94.1 Å². The molecule has 2 aliphatic rings. The molecule has 3 heterocycles. The van der Waals surface area contributed by atoms with Gasteiger partial charge in [0.15, 0.2) is 9.84 Å². The largest absolute Gasteiger partial charge is 0.353 e. The minimum absolute atomic E-state index is 0.0502. The predicted octanol–water partition coefficient (Wildman–Crippen LogP) is 1.94. The number of benzene rings is 1. The SMILES string of the molecule is Cc1cnc(N2CCN(C(=O)c3ccc(N4CCN(C)C4=O)cc3S(C)(=O)=O)CC2)c(C)c1. The molecule has 10 heteroatoms. The number of urea groups is 1. The number of carbonyl (C=O) groups is 2. The Labute approximate surface area is 194 Å². The summed E-state index contributed by atoms with van der Waals surface area (Å²) < 4.78 is 25.1. The van der Waals surface area contributed by atoms with Gasteiger partial charge in [0.1, 0.15) is 5.82 Å². The number of carbonyl (C=O) groups excluding carboxylic acids is 2. The summed E-state index contributed by atoms with van der Waals surface area (Å²) in [7, 11) is -1.98. The van der Waals surface area contributed by atoms with Crippen molar-refractivity contribution in [1.82, 2.24) is 14.8 Å². The van der Waals surface area contributed by atoms with Crippen molar-refractivity contribution in [2.24, 2.45) is 0 Å². The zero-order valence-corrected chi connectivity index (χ0v) is 20.2. The lowest BCUT2D eigenvalue weighted by molar-refractivity contribution is 0.0742. The number of hydrogen-bond acceptors (Lipinski definition) is 6. The number of aromatic nitrogens is 1. The number of aryl methyl sites for hydroxylation is 2. The molecule has 176 valence electrons. The van der Waals surface area contributed by atoms with Gasteiger partial charge in [0, 0.05) is 64.5 Å². The molecular weight excluding hydrogens is 442 g/mol. The normalized spacial score (nSPS) is 17.2. The summed E-state index contributed by atoms with van der Waals surface area (Å²) in [5.74, 6) is 0.592. The molecule has 2 fully saturated rings. The van der Waals surface area contributed by atoms with Gasteiger partial charge >= 0.3 is 6.03 Å². The molecule has 9 nitrogen and oxygen atoms in total. The van der Waals surface area contributed by atoms with E-state index in [1.165, 1.54) is 17.0 Å². The molecule has 2 aromatic rings. The Morgan fingerprint density at radius 2 is 1.70 bits per heavy atom. The number of nitrogens with zero attached hydrogens (tertiary/aromatic N) is 5. The number of amides is 3. The highest BCUT2D eigenvalue weighted by Gasteiger charge is 2.31. The van der Waals surface area contributed by atoms with E-state index in [9.17, 15) is 18.0 Å². The monoisotopic (exact) mass is 471 g/mol. The Bertz CT molecular complexity index is 1210. The summed E-state index contributed by atoms with van der Waals surface area (Å²) in [6.45, 7) is 7.22. The summed E-state index contributed by atoms with van der Waals surface area (Å²) in [5.41, 5.74) is 2.81. The van der Waals surface area contributed by atoms with E-state index < -0.39 is 9.84 Å². The van der Waals surface area contributed by atoms with E-state index in [4.69, 9.17) is 0 Å². The van der Waals surface area contributed by atoms with Gasteiger partial charge in [-0.25, -0.2) is 18.2 Å². The Morgan fingerprint density at radius 3 is 2.27 bits per heavy atom. The maximum Gasteiger partial charge on any atom is 0.324 e. The number of sulfone groups is 1. The number of piperazine rings is 1. The number of rotatable bonds is 4. The molecule has 2 aliphatic heterocycles. The summed E-state index contributed by atoms with van der Waals surface area (Å²) in [5, 5.41) is 0. The Hall–Kier alpha value is -3.14. The summed E-state index contributed by atoms with van der Waals surface area (Å²) in [6, 6.07) is 6.51. The third-order valence-electron chi connectivity index (χ3n) is 6.18. The van der Waals surface area contributed by atoms with Crippen LogP contribution in [0.1, 0.15) is 21.5 Å². The van der Waals surface area contributed by atoms with Crippen LogP contribution in [0.2, 0.25) is 0 Å². The van der Waals surface area contributed by atoms with Gasteiger partial charge in [-0.1, -0.05) is 6.07 Å². The van der Waals surface area contributed by atoms with Crippen molar-refractivity contribution < 1.29 is 18.0 Å². The minimum atomic E-state index is -3.68. The van der Waals surface area contributed by atoms with Gasteiger partial charge in [0.2, 0.25) is 0 Å². The third kappa shape index (κ3) is 4.52. The molecule has 1 aromatic carbocycles. The Kier molecular flexibility index (Phi) is 6.04. The quantitative estimate of drug-likeness (QED) is 0.677. The van der Waals surface area contributed by atoms with E-state index >= 15 is 0 Å². The lowest BCUT2D eigenvalue weighted by Crippen LogP contribution is -2.49. The summed E-state index contributed by atoms with van der Waals surface area (Å²) in [6.07, 6.45) is 2.92. The molecule has 3 amide bonds. The van der Waals surface area contributed by atoms with Crippen molar-refractivity contribution in [3.05, 3.63) is 47.2 Å². The number of anilines is 2. The molecule has 0 spiro atoms. The van der Waals surface area contributed by atoms with E-state index in [2.05, 4.69) is 16.0 Å². The minimum Gasteiger partial charge on any atom is -0.353 e. The van der Waals surface area contributed by atoms with Crippen LogP contribution in [0.25, 0.3) is 0 Å². The molecule has 33 heavy (non-hydrogen) atoms. The zero-order chi connectivity index (χ0) is 23.9. The summed E-state index contributed by atoms with van der Waals surface area (Å²) in [4.78, 5) is 37.1. The smallest absolute Gasteiger partial charge is 0.324 e. The van der Waals surface area contributed by atoms with Gasteiger partial charge in [-0.15, -0.1) is 0 Å². The molecule has 0 unspecified atom stereocenters. The first-order valence-electron chi connectivity index (χ1n) is 10.9. The second-order valence-corrected chi connectivity index (χ2v) is 10.7. The molecule has 0 saturated carbocycles. The van der Waals surface area contributed by atoms with Crippen molar-refractivity contribution in [3.8, 4) is 0 Å². The second kappa shape index (κ2) is 8.66. The fourth-order valence-corrected chi connectivity index (χ4v) is 5.27. The number of pyridine rings is 1. The van der Waals surface area contributed by atoms with Crippen LogP contribution >= 0.6 is 0 Å². The van der Waals surface area contributed by atoms with Crippen LogP contribution in [-0.2, 0) is 9.84 Å². The molecule has 0 bridgehead atoms. The van der Waals surface area contributed by atoms with Crippen LogP contribution in [0, 0.1) is 13.8 Å². The first-order valence-corrected chi connectivity index (χ1v) is 12.8. The maximum absolute atomic E-state index is 13.3. The van der Waals surface area contributed by atoms with E-state index in [0.717, 1.165) is 23.2 Å². The molecule has 0 radical (unpaired) electrons. The molecule has 2 saturated heterocycles. The van der Waals surface area contributed by atoms with E-state index in [1.54, 1.807) is 22.9 Å². The third-order valence-corrected chi connectivity index (χ3v) is 7.31. The lowest BCUT2D eigenvalue weighted by Gasteiger charge is -2.36. The van der Waals surface area contributed by atoms with Crippen molar-refractivity contribution in [1.29, 1.82) is 0 Å². The van der Waals surface area contributed by atoms with Gasteiger partial charge in [-0.05, 0) is 43.2 Å². The van der Waals surface area contributed by atoms with Crippen LogP contribution in [0.5, 0.6) is 0 Å². The van der Waals surface area contributed by atoms with Gasteiger partial charge in [0.25, 0.3) is 5.91 Å². The molecular formula is C23H29N5O4S. The lowest BCUT2D eigenvalue weighted by atomic mass is 10.1. The van der Waals surface area contributed by atoms with Gasteiger partial charge in [0.05, 0.1) is 10.5 Å². The zero-order valence-electron chi connectivity index (χ0n) is 19.4. The van der Waals surface area contributed by atoms with E-state index in [1.807, 2.05) is 20.0 Å².